The van der Waals surface area contributed by atoms with Gasteiger partial charge in [-0.3, -0.25) is 0 Å². The van der Waals surface area contributed by atoms with Gasteiger partial charge in [0.15, 0.2) is 0 Å². The SMILES string of the molecule is C=COCCCCOC(=O)c1cc(OCCCCCCOc2ccc(-c3ccc(N(c4ccc(C(C)(C)C)cc4)c4ccc(C(C)(C)C)cc4)cc3)cc2)c(C(=O)OCCCCOC=C)cc1OCCCCCCOc1ccc(-c2ccc(N(c3ccc(C(C)(C)C)cc3)c3ccc(C(C)(C)C)cc3)cc2)cc1. The molecule has 0 atom stereocenters. The van der Waals surface area contributed by atoms with Gasteiger partial charge in [0.2, 0.25) is 0 Å². The van der Waals surface area contributed by atoms with Crippen molar-refractivity contribution in [2.75, 3.05) is 62.7 Å². The molecule has 570 valence electrons. The summed E-state index contributed by atoms with van der Waals surface area (Å²) < 4.78 is 47.3. The van der Waals surface area contributed by atoms with Gasteiger partial charge in [-0.05, 0) is 252 Å². The molecule has 0 aromatic heterocycles. The maximum Gasteiger partial charge on any atom is 0.342 e. The van der Waals surface area contributed by atoms with Crippen LogP contribution in [0.4, 0.5) is 34.1 Å². The Labute approximate surface area is 645 Å². The second-order valence-electron chi connectivity index (χ2n) is 31.8. The molecule has 108 heavy (non-hydrogen) atoms. The molecule has 0 N–H and O–H groups in total. The number of carbonyl (C=O) groups excluding carboxylic acids is 2. The predicted molar refractivity (Wildman–Crippen MR) is 445 cm³/mol. The molecule has 0 amide bonds. The monoisotopic (exact) mass is 1460 g/mol. The molecule has 0 radical (unpaired) electrons. The van der Waals surface area contributed by atoms with E-state index in [2.05, 4.69) is 276 Å². The van der Waals surface area contributed by atoms with Gasteiger partial charge >= 0.3 is 11.9 Å². The van der Waals surface area contributed by atoms with Crippen LogP contribution in [0.15, 0.2) is 232 Å². The molecular weight excluding hydrogens is 1340 g/mol. The molecule has 0 bridgehead atoms. The number of anilines is 6. The number of carbonyl (C=O) groups is 2. The summed E-state index contributed by atoms with van der Waals surface area (Å²) in [5, 5.41) is 0. The standard InChI is InChI=1S/C96H116N2O10/c1-15-101-61-25-27-67-107-91(99)87-69-90(106-66-24-20-18-22-64-104-86-59-35-74(36-60-86)72-31-47-80(48-32-72)98(83-53-41-77(42-54-83)95(9,10)11)84-55-43-78(44-56-84)96(12,13)14)88(92(100)108-68-28-26-62-102-16-2)70-89(87)105-65-23-19-17-21-63-103-85-57-33-73(34-58-85)71-29-45-79(46-30-71)97(81-49-37-75(38-50-81)93(3,4)5)82-51-39-76(40-52-82)94(6,7)8/h15-16,29-60,69-70H,1-2,17-28,61-68H2,3-14H3. The highest BCUT2D eigenvalue weighted by atomic mass is 16.5. The van der Waals surface area contributed by atoms with E-state index in [0.717, 1.165) is 106 Å². The van der Waals surface area contributed by atoms with E-state index in [1.54, 1.807) is 12.1 Å². The van der Waals surface area contributed by atoms with Gasteiger partial charge in [0.25, 0.3) is 0 Å². The van der Waals surface area contributed by atoms with Crippen molar-refractivity contribution in [3.8, 4) is 45.3 Å². The fourth-order valence-corrected chi connectivity index (χ4v) is 12.6. The first-order chi connectivity index (χ1) is 51.9. The molecule has 0 unspecified atom stereocenters. The summed E-state index contributed by atoms with van der Waals surface area (Å²) in [6.45, 7) is 37.2. The van der Waals surface area contributed by atoms with Crippen LogP contribution in [-0.2, 0) is 40.6 Å². The van der Waals surface area contributed by atoms with E-state index in [-0.39, 0.29) is 57.5 Å². The number of hydrogen-bond donors (Lipinski definition) is 0. The van der Waals surface area contributed by atoms with Gasteiger partial charge in [0, 0.05) is 34.1 Å². The number of ether oxygens (including phenoxy) is 8. The minimum atomic E-state index is -0.578. The number of hydrogen-bond acceptors (Lipinski definition) is 12. The summed E-state index contributed by atoms with van der Waals surface area (Å²) in [5.41, 5.74) is 16.8. The molecule has 0 spiro atoms. The van der Waals surface area contributed by atoms with Crippen LogP contribution in [0.1, 0.15) is 203 Å². The van der Waals surface area contributed by atoms with Crippen LogP contribution in [0.2, 0.25) is 0 Å². The molecule has 9 rings (SSSR count). The molecule has 0 aliphatic carbocycles. The van der Waals surface area contributed by atoms with Gasteiger partial charge in [-0.25, -0.2) is 9.59 Å². The van der Waals surface area contributed by atoms with Crippen LogP contribution >= 0.6 is 0 Å². The number of unbranched alkanes of at least 4 members (excludes halogenated alkanes) is 8. The first kappa shape index (κ1) is 81.9. The molecule has 9 aromatic carbocycles. The van der Waals surface area contributed by atoms with Gasteiger partial charge in [-0.2, -0.15) is 0 Å². The van der Waals surface area contributed by atoms with Crippen molar-refractivity contribution < 1.29 is 47.5 Å². The van der Waals surface area contributed by atoms with Crippen LogP contribution in [0, 0.1) is 0 Å². The normalized spacial score (nSPS) is 11.7. The zero-order chi connectivity index (χ0) is 77.1. The maximum atomic E-state index is 13.9. The van der Waals surface area contributed by atoms with Crippen LogP contribution in [-0.4, -0.2) is 64.8 Å². The van der Waals surface area contributed by atoms with E-state index in [0.29, 0.717) is 78.2 Å². The predicted octanol–water partition coefficient (Wildman–Crippen LogP) is 25.4. The minimum absolute atomic E-state index is 0.0578. The van der Waals surface area contributed by atoms with Gasteiger partial charge in [0.1, 0.15) is 34.1 Å². The lowest BCUT2D eigenvalue weighted by molar-refractivity contribution is 0.0469. The fourth-order valence-electron chi connectivity index (χ4n) is 12.6. The third-order valence-electron chi connectivity index (χ3n) is 19.3. The van der Waals surface area contributed by atoms with Gasteiger partial charge < -0.3 is 47.7 Å². The summed E-state index contributed by atoms with van der Waals surface area (Å²) in [6, 6.07) is 72.9. The highest BCUT2D eigenvalue weighted by Gasteiger charge is 2.26. The molecular formula is C96H116N2O10. The second kappa shape index (κ2) is 39.6. The molecule has 0 heterocycles. The van der Waals surface area contributed by atoms with Crippen molar-refractivity contribution in [2.45, 2.75) is 182 Å². The van der Waals surface area contributed by atoms with E-state index >= 15 is 0 Å². The zero-order valence-corrected chi connectivity index (χ0v) is 66.3. The van der Waals surface area contributed by atoms with Crippen LogP contribution in [0.25, 0.3) is 22.3 Å². The molecule has 12 nitrogen and oxygen atoms in total. The Morgan fingerprint density at radius 2 is 0.509 bits per heavy atom. The highest BCUT2D eigenvalue weighted by molar-refractivity contribution is 5.98. The molecule has 0 saturated carbocycles. The minimum Gasteiger partial charge on any atom is -0.502 e. The summed E-state index contributed by atoms with van der Waals surface area (Å²) in [6.07, 6.45) is 11.9. The third-order valence-corrected chi connectivity index (χ3v) is 19.3. The quantitative estimate of drug-likeness (QED) is 0.0207. The summed E-state index contributed by atoms with van der Waals surface area (Å²) in [7, 11) is 0. The van der Waals surface area contributed by atoms with Crippen molar-refractivity contribution in [3.05, 3.63) is 265 Å². The van der Waals surface area contributed by atoms with Crippen molar-refractivity contribution in [1.29, 1.82) is 0 Å². The van der Waals surface area contributed by atoms with Crippen molar-refractivity contribution in [2.24, 2.45) is 0 Å². The topological polar surface area (TPSA) is 114 Å². The fraction of sp³-hybridized carbons (Fsp3) is 0.375. The number of benzene rings is 9. The first-order valence-electron chi connectivity index (χ1n) is 38.8. The highest BCUT2D eigenvalue weighted by Crippen LogP contribution is 2.41. The van der Waals surface area contributed by atoms with E-state index in [1.165, 1.54) is 34.8 Å². The number of esters is 2. The Balaban J connectivity index is 0.759. The summed E-state index contributed by atoms with van der Waals surface area (Å²) >= 11 is 0. The third kappa shape index (κ3) is 24.4. The van der Waals surface area contributed by atoms with Crippen LogP contribution in [0.3, 0.4) is 0 Å². The van der Waals surface area contributed by atoms with E-state index in [9.17, 15) is 9.59 Å². The molecule has 0 aliphatic rings. The average Bonchev–Trinajstić information content (AvgIpc) is 0.803. The van der Waals surface area contributed by atoms with Gasteiger partial charge in [0.05, 0.1) is 65.4 Å². The lowest BCUT2D eigenvalue weighted by Gasteiger charge is -2.28. The summed E-state index contributed by atoms with van der Waals surface area (Å²) in [5.74, 6) is 0.927. The van der Waals surface area contributed by atoms with E-state index < -0.39 is 11.9 Å². The molecule has 12 heteroatoms. The van der Waals surface area contributed by atoms with Crippen molar-refractivity contribution in [1.82, 2.24) is 0 Å². The molecule has 9 aromatic rings. The Hall–Kier alpha value is -10.2. The van der Waals surface area contributed by atoms with Crippen LogP contribution < -0.4 is 28.7 Å². The molecule has 0 aliphatic heterocycles. The van der Waals surface area contributed by atoms with Crippen molar-refractivity contribution in [3.63, 3.8) is 0 Å². The van der Waals surface area contributed by atoms with Crippen LogP contribution in [0.5, 0.6) is 23.0 Å². The smallest absolute Gasteiger partial charge is 0.342 e. The Kier molecular flexibility index (Phi) is 30.0. The lowest BCUT2D eigenvalue weighted by atomic mass is 9.86. The van der Waals surface area contributed by atoms with Gasteiger partial charge in [-0.1, -0.05) is 193 Å². The largest absolute Gasteiger partial charge is 0.502 e. The molecule has 0 fully saturated rings. The first-order valence-corrected chi connectivity index (χ1v) is 38.8. The number of rotatable bonds is 40. The van der Waals surface area contributed by atoms with E-state index in [1.807, 2.05) is 24.3 Å². The van der Waals surface area contributed by atoms with Gasteiger partial charge in [-0.15, -0.1) is 0 Å². The zero-order valence-electron chi connectivity index (χ0n) is 66.3. The average molecular weight is 1460 g/mol. The Bertz CT molecular complexity index is 3840. The summed E-state index contributed by atoms with van der Waals surface area (Å²) in [4.78, 5) is 32.5. The van der Waals surface area contributed by atoms with Crippen molar-refractivity contribution >= 4 is 46.1 Å². The van der Waals surface area contributed by atoms with E-state index in [4.69, 9.17) is 37.9 Å². The Morgan fingerprint density at radius 1 is 0.287 bits per heavy atom. The number of nitrogens with zero attached hydrogens (tertiary/aromatic N) is 2. The lowest BCUT2D eigenvalue weighted by Crippen LogP contribution is -2.15. The maximum absolute atomic E-state index is 13.9. The second-order valence-corrected chi connectivity index (χ2v) is 31.8. The molecule has 0 saturated heterocycles. The Morgan fingerprint density at radius 3 is 0.759 bits per heavy atom.